The van der Waals surface area contributed by atoms with Crippen molar-refractivity contribution in [2.24, 2.45) is 0 Å². The largest absolute Gasteiger partial charge is 0.497 e. The van der Waals surface area contributed by atoms with Crippen molar-refractivity contribution >= 4 is 21.4 Å². The maximum Gasteiger partial charge on any atom is 0.129 e. The number of methoxy groups -OCH3 is 1. The summed E-state index contributed by atoms with van der Waals surface area (Å²) in [6.07, 6.45) is 0. The van der Waals surface area contributed by atoms with Gasteiger partial charge < -0.3 is 14.6 Å². The van der Waals surface area contributed by atoms with Crippen molar-refractivity contribution in [1.29, 1.82) is 0 Å². The van der Waals surface area contributed by atoms with E-state index in [1.54, 1.807) is 24.5 Å². The molecule has 21 heavy (non-hydrogen) atoms. The number of fused-ring (bicyclic) bond motifs is 1. The van der Waals surface area contributed by atoms with E-state index < -0.39 is 0 Å². The summed E-state index contributed by atoms with van der Waals surface area (Å²) >= 11 is 1.71. The van der Waals surface area contributed by atoms with Crippen LogP contribution in [0.25, 0.3) is 10.1 Å². The number of hydrogen-bond acceptors (Lipinski definition) is 4. The van der Waals surface area contributed by atoms with Gasteiger partial charge in [0.25, 0.3) is 0 Å². The number of rotatable bonds is 5. The Morgan fingerprint density at radius 3 is 2.76 bits per heavy atom. The molecule has 0 saturated carbocycles. The highest BCUT2D eigenvalue weighted by Gasteiger charge is 2.08. The Bertz CT molecular complexity index is 749. The number of thiophene rings is 1. The zero-order valence-electron chi connectivity index (χ0n) is 11.7. The molecule has 3 aromatic rings. The van der Waals surface area contributed by atoms with Gasteiger partial charge in [0, 0.05) is 21.9 Å². The van der Waals surface area contributed by atoms with E-state index in [-0.39, 0.29) is 6.61 Å². The third kappa shape index (κ3) is 2.86. The molecule has 3 nitrogen and oxygen atoms in total. The van der Waals surface area contributed by atoms with Crippen LogP contribution in [-0.4, -0.2) is 12.2 Å². The summed E-state index contributed by atoms with van der Waals surface area (Å²) in [6.45, 7) is 0.424. The van der Waals surface area contributed by atoms with Crippen LogP contribution in [0.3, 0.4) is 0 Å². The molecule has 0 fully saturated rings. The molecule has 0 atom stereocenters. The van der Waals surface area contributed by atoms with Crippen LogP contribution >= 0.6 is 11.3 Å². The lowest BCUT2D eigenvalue weighted by molar-refractivity contribution is 0.258. The molecule has 3 rings (SSSR count). The molecular formula is C17H16O3S. The average Bonchev–Trinajstić information content (AvgIpc) is 2.96. The zero-order chi connectivity index (χ0) is 14.7. The van der Waals surface area contributed by atoms with Crippen molar-refractivity contribution in [3.63, 3.8) is 0 Å². The Balaban J connectivity index is 1.84. The van der Waals surface area contributed by atoms with Crippen LogP contribution in [0.15, 0.2) is 47.8 Å². The fourth-order valence-corrected chi connectivity index (χ4v) is 3.17. The Labute approximate surface area is 127 Å². The summed E-state index contributed by atoms with van der Waals surface area (Å²) in [5.74, 6) is 1.38. The van der Waals surface area contributed by atoms with E-state index in [9.17, 15) is 5.11 Å². The number of aliphatic hydroxyl groups is 1. The predicted molar refractivity (Wildman–Crippen MR) is 85.1 cm³/mol. The summed E-state index contributed by atoms with van der Waals surface area (Å²) in [5, 5.41) is 12.7. The first kappa shape index (κ1) is 13.9. The van der Waals surface area contributed by atoms with Gasteiger partial charge in [0.15, 0.2) is 0 Å². The lowest BCUT2D eigenvalue weighted by Crippen LogP contribution is -1.99. The second kappa shape index (κ2) is 6.16. The Morgan fingerprint density at radius 1 is 1.10 bits per heavy atom. The summed E-state index contributed by atoms with van der Waals surface area (Å²) in [6, 6.07) is 13.7. The van der Waals surface area contributed by atoms with Gasteiger partial charge in [-0.2, -0.15) is 0 Å². The molecule has 1 aromatic heterocycles. The van der Waals surface area contributed by atoms with Gasteiger partial charge in [0.05, 0.1) is 13.7 Å². The quantitative estimate of drug-likeness (QED) is 0.774. The highest BCUT2D eigenvalue weighted by atomic mass is 32.1. The normalized spacial score (nSPS) is 10.8. The Kier molecular flexibility index (Phi) is 4.08. The highest BCUT2D eigenvalue weighted by molar-refractivity contribution is 7.17. The predicted octanol–water partition coefficient (Wildman–Crippen LogP) is 3.98. The van der Waals surface area contributed by atoms with E-state index in [0.29, 0.717) is 12.4 Å². The van der Waals surface area contributed by atoms with Crippen molar-refractivity contribution in [2.75, 3.05) is 7.11 Å². The first-order valence-corrected chi connectivity index (χ1v) is 7.55. The van der Waals surface area contributed by atoms with Crippen LogP contribution in [0, 0.1) is 0 Å². The smallest absolute Gasteiger partial charge is 0.129 e. The van der Waals surface area contributed by atoms with E-state index in [1.807, 2.05) is 24.3 Å². The van der Waals surface area contributed by atoms with Crippen LogP contribution in [0.2, 0.25) is 0 Å². The second-order valence-corrected chi connectivity index (χ2v) is 5.59. The molecule has 0 aliphatic carbocycles. The minimum atomic E-state index is -0.0519. The standard InChI is InChI=1S/C17H16O3S/c1-19-14-7-6-12(9-18)16(8-14)20-10-13-11-21-17-5-3-2-4-15(13)17/h2-8,11,18H,9-10H2,1H3. The fraction of sp³-hybridized carbons (Fsp3) is 0.176. The van der Waals surface area contributed by atoms with Crippen molar-refractivity contribution in [3.05, 3.63) is 59.0 Å². The average molecular weight is 300 g/mol. The van der Waals surface area contributed by atoms with Crippen molar-refractivity contribution in [1.82, 2.24) is 0 Å². The van der Waals surface area contributed by atoms with E-state index in [1.165, 1.54) is 10.1 Å². The molecule has 0 saturated heterocycles. The summed E-state index contributed by atoms with van der Waals surface area (Å²) in [4.78, 5) is 0. The molecule has 1 N–H and O–H groups in total. The minimum absolute atomic E-state index is 0.0519. The van der Waals surface area contributed by atoms with Crippen LogP contribution in [0.1, 0.15) is 11.1 Å². The van der Waals surface area contributed by atoms with Crippen molar-refractivity contribution in [3.8, 4) is 11.5 Å². The number of aliphatic hydroxyl groups excluding tert-OH is 1. The van der Waals surface area contributed by atoms with Crippen molar-refractivity contribution in [2.45, 2.75) is 13.2 Å². The van der Waals surface area contributed by atoms with Gasteiger partial charge in [-0.15, -0.1) is 11.3 Å². The molecule has 0 aliphatic rings. The molecule has 0 amide bonds. The molecule has 108 valence electrons. The van der Waals surface area contributed by atoms with Gasteiger partial charge >= 0.3 is 0 Å². The first-order valence-electron chi connectivity index (χ1n) is 6.67. The molecule has 0 spiro atoms. The highest BCUT2D eigenvalue weighted by Crippen LogP contribution is 2.29. The van der Waals surface area contributed by atoms with Crippen molar-refractivity contribution < 1.29 is 14.6 Å². The molecular weight excluding hydrogens is 284 g/mol. The van der Waals surface area contributed by atoms with Gasteiger partial charge in [-0.3, -0.25) is 0 Å². The van der Waals surface area contributed by atoms with E-state index in [0.717, 1.165) is 16.9 Å². The summed E-state index contributed by atoms with van der Waals surface area (Å²) < 4.78 is 12.3. The Morgan fingerprint density at radius 2 is 1.95 bits per heavy atom. The third-order valence-corrected chi connectivity index (χ3v) is 4.40. The van der Waals surface area contributed by atoms with Crippen LogP contribution < -0.4 is 9.47 Å². The second-order valence-electron chi connectivity index (χ2n) is 4.68. The SMILES string of the molecule is COc1ccc(CO)c(OCc2csc3ccccc23)c1. The van der Waals surface area contributed by atoms with Gasteiger partial charge in [0.1, 0.15) is 18.1 Å². The Hall–Kier alpha value is -2.04. The molecule has 0 aliphatic heterocycles. The molecule has 4 heteroatoms. The minimum Gasteiger partial charge on any atom is -0.497 e. The molecule has 0 unspecified atom stereocenters. The first-order chi connectivity index (χ1) is 10.3. The number of hydrogen-bond donors (Lipinski definition) is 1. The summed E-state index contributed by atoms with van der Waals surface area (Å²) in [7, 11) is 1.62. The molecule has 2 aromatic carbocycles. The molecule has 0 radical (unpaired) electrons. The van der Waals surface area contributed by atoms with Crippen LogP contribution in [-0.2, 0) is 13.2 Å². The monoisotopic (exact) mass is 300 g/mol. The maximum absolute atomic E-state index is 9.39. The van der Waals surface area contributed by atoms with Gasteiger partial charge in [0.2, 0.25) is 0 Å². The topological polar surface area (TPSA) is 38.7 Å². The van der Waals surface area contributed by atoms with E-state index in [2.05, 4.69) is 17.5 Å². The number of benzene rings is 2. The van der Waals surface area contributed by atoms with Crippen LogP contribution in [0.4, 0.5) is 0 Å². The molecule has 1 heterocycles. The van der Waals surface area contributed by atoms with Gasteiger partial charge in [-0.05, 0) is 29.0 Å². The van der Waals surface area contributed by atoms with Crippen LogP contribution in [0.5, 0.6) is 11.5 Å². The van der Waals surface area contributed by atoms with Gasteiger partial charge in [-0.1, -0.05) is 18.2 Å². The molecule has 0 bridgehead atoms. The van der Waals surface area contributed by atoms with E-state index >= 15 is 0 Å². The zero-order valence-corrected chi connectivity index (χ0v) is 12.5. The summed E-state index contributed by atoms with van der Waals surface area (Å²) in [5.41, 5.74) is 1.91. The lowest BCUT2D eigenvalue weighted by Gasteiger charge is -2.11. The lowest BCUT2D eigenvalue weighted by atomic mass is 10.2. The van der Waals surface area contributed by atoms with Gasteiger partial charge in [-0.25, -0.2) is 0 Å². The van der Waals surface area contributed by atoms with E-state index in [4.69, 9.17) is 9.47 Å². The fourth-order valence-electron chi connectivity index (χ4n) is 2.23. The third-order valence-electron chi connectivity index (χ3n) is 3.39. The number of ether oxygens (including phenoxy) is 2. The maximum atomic E-state index is 9.39.